The summed E-state index contributed by atoms with van der Waals surface area (Å²) in [6.45, 7) is 5.17. The topological polar surface area (TPSA) is 36.3 Å². The molecule has 0 spiro atoms. The minimum absolute atomic E-state index is 0.0135. The molecule has 0 unspecified atom stereocenters. The largest absolute Gasteiger partial charge is 0.372 e. The predicted octanol–water partition coefficient (Wildman–Crippen LogP) is 2.61. The summed E-state index contributed by atoms with van der Waals surface area (Å²) in [5.74, 6) is 0. The van der Waals surface area contributed by atoms with Crippen molar-refractivity contribution in [2.75, 3.05) is 20.2 Å². The van der Waals surface area contributed by atoms with Crippen molar-refractivity contribution in [1.82, 2.24) is 4.90 Å². The second-order valence-electron chi connectivity index (χ2n) is 4.10. The molecule has 0 aliphatic carbocycles. The number of ether oxygens (including phenoxy) is 1. The van der Waals surface area contributed by atoms with Crippen LogP contribution in [0.15, 0.2) is 30.3 Å². The molecular formula is C14H20N2O. The van der Waals surface area contributed by atoms with Gasteiger partial charge in [0, 0.05) is 12.6 Å². The fourth-order valence-electron chi connectivity index (χ4n) is 1.82. The molecule has 0 saturated heterocycles. The zero-order valence-electron chi connectivity index (χ0n) is 10.8. The van der Waals surface area contributed by atoms with Crippen LogP contribution in [0, 0.1) is 11.3 Å². The summed E-state index contributed by atoms with van der Waals surface area (Å²) in [6.07, 6.45) is 0.0135. The maximum atomic E-state index is 8.74. The van der Waals surface area contributed by atoms with E-state index in [1.807, 2.05) is 37.1 Å². The van der Waals surface area contributed by atoms with Gasteiger partial charge in [-0.2, -0.15) is 5.26 Å². The van der Waals surface area contributed by atoms with Gasteiger partial charge < -0.3 is 4.74 Å². The molecule has 0 aliphatic heterocycles. The van der Waals surface area contributed by atoms with Gasteiger partial charge in [-0.25, -0.2) is 0 Å². The normalized spacial score (nSPS) is 14.3. The van der Waals surface area contributed by atoms with E-state index in [0.29, 0.717) is 13.2 Å². The first kappa shape index (κ1) is 13.7. The number of likely N-dealkylation sites (N-methyl/N-ethyl adjacent to an activating group) is 1. The Bertz CT molecular complexity index is 358. The summed E-state index contributed by atoms with van der Waals surface area (Å²) in [7, 11) is 1.95. The minimum Gasteiger partial charge on any atom is -0.372 e. The van der Waals surface area contributed by atoms with Crippen molar-refractivity contribution in [1.29, 1.82) is 5.26 Å². The van der Waals surface area contributed by atoms with Gasteiger partial charge in [0.25, 0.3) is 0 Å². The van der Waals surface area contributed by atoms with Crippen molar-refractivity contribution in [3.8, 4) is 6.07 Å². The third-order valence-corrected chi connectivity index (χ3v) is 2.93. The van der Waals surface area contributed by atoms with Gasteiger partial charge in [-0.05, 0) is 26.5 Å². The lowest BCUT2D eigenvalue weighted by atomic mass is 10.0. The summed E-state index contributed by atoms with van der Waals surface area (Å²) in [5, 5.41) is 8.74. The zero-order chi connectivity index (χ0) is 12.7. The fraction of sp³-hybridized carbons (Fsp3) is 0.500. The van der Waals surface area contributed by atoms with E-state index < -0.39 is 0 Å². The molecule has 0 aromatic heterocycles. The first-order valence-electron chi connectivity index (χ1n) is 5.94. The number of nitriles is 1. The Morgan fingerprint density at radius 2 is 2.00 bits per heavy atom. The first-order valence-corrected chi connectivity index (χ1v) is 5.94. The molecule has 1 aromatic carbocycles. The number of rotatable bonds is 6. The molecule has 3 heteroatoms. The number of hydrogen-bond donors (Lipinski definition) is 0. The Balaban J connectivity index is 2.82. The standard InChI is InChI=1S/C14H20N2O/c1-4-17-14(12(2)16(3)11-10-15)13-8-6-5-7-9-13/h5-9,12,14H,4,11H2,1-3H3/t12-,14-/m0/s1. The van der Waals surface area contributed by atoms with Crippen LogP contribution in [0.4, 0.5) is 0 Å². The van der Waals surface area contributed by atoms with Gasteiger partial charge in [-0.1, -0.05) is 30.3 Å². The van der Waals surface area contributed by atoms with E-state index in [2.05, 4.69) is 25.1 Å². The third-order valence-electron chi connectivity index (χ3n) is 2.93. The van der Waals surface area contributed by atoms with E-state index in [9.17, 15) is 0 Å². The second-order valence-corrected chi connectivity index (χ2v) is 4.10. The van der Waals surface area contributed by atoms with Crippen molar-refractivity contribution in [2.45, 2.75) is 26.0 Å². The molecule has 0 saturated carbocycles. The van der Waals surface area contributed by atoms with E-state index in [1.54, 1.807) is 0 Å². The van der Waals surface area contributed by atoms with Crippen molar-refractivity contribution in [3.05, 3.63) is 35.9 Å². The monoisotopic (exact) mass is 232 g/mol. The molecular weight excluding hydrogens is 212 g/mol. The van der Waals surface area contributed by atoms with Gasteiger partial charge in [-0.3, -0.25) is 4.90 Å². The fourth-order valence-corrected chi connectivity index (χ4v) is 1.82. The Morgan fingerprint density at radius 3 is 2.53 bits per heavy atom. The molecule has 2 atom stereocenters. The maximum absolute atomic E-state index is 8.74. The van der Waals surface area contributed by atoms with Gasteiger partial charge in [0.1, 0.15) is 0 Å². The van der Waals surface area contributed by atoms with Gasteiger partial charge >= 0.3 is 0 Å². The lowest BCUT2D eigenvalue weighted by Crippen LogP contribution is -2.35. The number of hydrogen-bond acceptors (Lipinski definition) is 3. The lowest BCUT2D eigenvalue weighted by Gasteiger charge is -2.30. The van der Waals surface area contributed by atoms with Crippen molar-refractivity contribution in [2.24, 2.45) is 0 Å². The van der Waals surface area contributed by atoms with Gasteiger partial charge in [-0.15, -0.1) is 0 Å². The summed E-state index contributed by atoms with van der Waals surface area (Å²) >= 11 is 0. The van der Waals surface area contributed by atoms with E-state index >= 15 is 0 Å². The van der Waals surface area contributed by atoms with Crippen molar-refractivity contribution < 1.29 is 4.74 Å². The molecule has 0 heterocycles. The average molecular weight is 232 g/mol. The van der Waals surface area contributed by atoms with Crippen LogP contribution in [0.1, 0.15) is 25.5 Å². The van der Waals surface area contributed by atoms with Crippen LogP contribution in [-0.2, 0) is 4.74 Å². The molecule has 0 fully saturated rings. The van der Waals surface area contributed by atoms with Crippen molar-refractivity contribution in [3.63, 3.8) is 0 Å². The first-order chi connectivity index (χ1) is 8.20. The van der Waals surface area contributed by atoms with Gasteiger partial charge in [0.05, 0.1) is 18.7 Å². The van der Waals surface area contributed by atoms with Crippen LogP contribution < -0.4 is 0 Å². The second kappa shape index (κ2) is 7.05. The molecule has 0 N–H and O–H groups in total. The van der Waals surface area contributed by atoms with Crippen LogP contribution in [0.5, 0.6) is 0 Å². The van der Waals surface area contributed by atoms with Gasteiger partial charge in [0.15, 0.2) is 0 Å². The van der Waals surface area contributed by atoms with Crippen molar-refractivity contribution >= 4 is 0 Å². The molecule has 92 valence electrons. The van der Waals surface area contributed by atoms with E-state index in [1.165, 1.54) is 0 Å². The molecule has 17 heavy (non-hydrogen) atoms. The molecule has 1 aromatic rings. The van der Waals surface area contributed by atoms with Crippen LogP contribution in [0.2, 0.25) is 0 Å². The Labute approximate surface area is 104 Å². The van der Waals surface area contributed by atoms with E-state index in [4.69, 9.17) is 10.00 Å². The highest BCUT2D eigenvalue weighted by Crippen LogP contribution is 2.23. The highest BCUT2D eigenvalue weighted by molar-refractivity contribution is 5.19. The third kappa shape index (κ3) is 3.85. The van der Waals surface area contributed by atoms with E-state index in [0.717, 1.165) is 5.56 Å². The Kier molecular flexibility index (Phi) is 5.68. The summed E-state index contributed by atoms with van der Waals surface area (Å²) in [6, 6.07) is 12.5. The average Bonchev–Trinajstić information content (AvgIpc) is 2.36. The molecule has 0 aliphatic rings. The summed E-state index contributed by atoms with van der Waals surface area (Å²) in [5.41, 5.74) is 1.16. The SMILES string of the molecule is CCO[C@H](c1ccccc1)[C@H](C)N(C)CC#N. The molecule has 0 bridgehead atoms. The minimum atomic E-state index is 0.0135. The van der Waals surface area contributed by atoms with Crippen LogP contribution in [0.25, 0.3) is 0 Å². The quantitative estimate of drug-likeness (QED) is 0.707. The smallest absolute Gasteiger partial charge is 0.0977 e. The Hall–Kier alpha value is -1.37. The molecule has 0 radical (unpaired) electrons. The number of nitrogens with zero attached hydrogens (tertiary/aromatic N) is 2. The van der Waals surface area contributed by atoms with Crippen LogP contribution in [-0.4, -0.2) is 31.1 Å². The zero-order valence-corrected chi connectivity index (χ0v) is 10.8. The highest BCUT2D eigenvalue weighted by atomic mass is 16.5. The summed E-state index contributed by atoms with van der Waals surface area (Å²) < 4.78 is 5.81. The maximum Gasteiger partial charge on any atom is 0.0977 e. The molecule has 1 rings (SSSR count). The molecule has 0 amide bonds. The number of benzene rings is 1. The summed E-state index contributed by atoms with van der Waals surface area (Å²) in [4.78, 5) is 2.01. The highest BCUT2D eigenvalue weighted by Gasteiger charge is 2.22. The predicted molar refractivity (Wildman–Crippen MR) is 68.5 cm³/mol. The lowest BCUT2D eigenvalue weighted by molar-refractivity contribution is 0.00644. The van der Waals surface area contributed by atoms with Gasteiger partial charge in [0.2, 0.25) is 0 Å². The van der Waals surface area contributed by atoms with E-state index in [-0.39, 0.29) is 12.1 Å². The Morgan fingerprint density at radius 1 is 1.35 bits per heavy atom. The van der Waals surface area contributed by atoms with Crippen LogP contribution in [0.3, 0.4) is 0 Å². The van der Waals surface area contributed by atoms with Crippen LogP contribution >= 0.6 is 0 Å². The molecule has 3 nitrogen and oxygen atoms in total.